The third-order valence-electron chi connectivity index (χ3n) is 4.97. The Morgan fingerprint density at radius 1 is 1.10 bits per heavy atom. The minimum Gasteiger partial charge on any atom is -0.387 e. The molecule has 29 heavy (non-hydrogen) atoms. The van der Waals surface area contributed by atoms with Crippen LogP contribution in [0.3, 0.4) is 0 Å². The Balaban J connectivity index is 1.48. The fraction of sp³-hybridized carbons (Fsp3) is 0.429. The molecule has 0 bridgehead atoms. The summed E-state index contributed by atoms with van der Waals surface area (Å²) in [6.45, 7) is 2.47. The number of urea groups is 1. The zero-order chi connectivity index (χ0) is 20.6. The predicted molar refractivity (Wildman–Crippen MR) is 117 cm³/mol. The highest BCUT2D eigenvalue weighted by Gasteiger charge is 2.14. The predicted octanol–water partition coefficient (Wildman–Crippen LogP) is 4.30. The van der Waals surface area contributed by atoms with Crippen LogP contribution >= 0.6 is 23.2 Å². The van der Waals surface area contributed by atoms with Gasteiger partial charge in [-0.25, -0.2) is 9.78 Å². The van der Waals surface area contributed by atoms with E-state index in [0.29, 0.717) is 22.2 Å². The van der Waals surface area contributed by atoms with Crippen LogP contribution in [0.4, 0.5) is 10.6 Å². The summed E-state index contributed by atoms with van der Waals surface area (Å²) in [5.41, 5.74) is 1.50. The van der Waals surface area contributed by atoms with Crippen molar-refractivity contribution in [2.45, 2.75) is 38.3 Å². The number of rotatable bonds is 6. The molecule has 1 atom stereocenters. The smallest absolute Gasteiger partial charge is 0.315 e. The van der Waals surface area contributed by atoms with Crippen molar-refractivity contribution in [1.29, 1.82) is 0 Å². The molecule has 1 saturated heterocycles. The van der Waals surface area contributed by atoms with Gasteiger partial charge in [0.15, 0.2) is 0 Å². The summed E-state index contributed by atoms with van der Waals surface area (Å²) in [4.78, 5) is 18.9. The number of aliphatic hydroxyl groups excluding tert-OH is 1. The molecule has 6 nitrogen and oxygen atoms in total. The molecule has 0 radical (unpaired) electrons. The minimum atomic E-state index is -0.916. The number of carbonyl (C=O) groups excluding carboxylic acids is 1. The van der Waals surface area contributed by atoms with Crippen molar-refractivity contribution in [3.63, 3.8) is 0 Å². The van der Waals surface area contributed by atoms with Crippen molar-refractivity contribution in [2.75, 3.05) is 24.5 Å². The van der Waals surface area contributed by atoms with Gasteiger partial charge in [0.1, 0.15) is 5.82 Å². The molecule has 0 aliphatic carbocycles. The van der Waals surface area contributed by atoms with Gasteiger partial charge in [0, 0.05) is 48.0 Å². The SMILES string of the molecule is O=C(NCc1ccnc(N2CCCCCC2)c1)NCC(O)c1ccc(Cl)cc1Cl. The highest BCUT2D eigenvalue weighted by molar-refractivity contribution is 6.35. The Labute approximate surface area is 181 Å². The van der Waals surface area contributed by atoms with Crippen LogP contribution in [0.25, 0.3) is 0 Å². The summed E-state index contributed by atoms with van der Waals surface area (Å²) >= 11 is 12.0. The monoisotopic (exact) mass is 436 g/mol. The summed E-state index contributed by atoms with van der Waals surface area (Å²) in [6, 6.07) is 8.42. The maximum atomic E-state index is 12.1. The average molecular weight is 437 g/mol. The molecule has 0 spiro atoms. The number of aliphatic hydroxyl groups is 1. The van der Waals surface area contributed by atoms with Crippen molar-refractivity contribution in [3.8, 4) is 0 Å². The van der Waals surface area contributed by atoms with Gasteiger partial charge in [0.25, 0.3) is 0 Å². The summed E-state index contributed by atoms with van der Waals surface area (Å²) in [5, 5.41) is 16.6. The van der Waals surface area contributed by atoms with Crippen molar-refractivity contribution < 1.29 is 9.90 Å². The lowest BCUT2D eigenvalue weighted by molar-refractivity contribution is 0.173. The molecule has 156 valence electrons. The van der Waals surface area contributed by atoms with Crippen molar-refractivity contribution in [1.82, 2.24) is 15.6 Å². The number of hydrogen-bond acceptors (Lipinski definition) is 4. The number of nitrogens with zero attached hydrogens (tertiary/aromatic N) is 2. The number of aromatic nitrogens is 1. The first-order chi connectivity index (χ1) is 14.0. The van der Waals surface area contributed by atoms with E-state index < -0.39 is 6.10 Å². The van der Waals surface area contributed by atoms with E-state index in [0.717, 1.165) is 24.5 Å². The van der Waals surface area contributed by atoms with E-state index >= 15 is 0 Å². The highest BCUT2D eigenvalue weighted by atomic mass is 35.5. The van der Waals surface area contributed by atoms with Gasteiger partial charge in [-0.05, 0) is 42.7 Å². The number of hydrogen-bond donors (Lipinski definition) is 3. The average Bonchev–Trinajstić information content (AvgIpc) is 3.00. The van der Waals surface area contributed by atoms with Gasteiger partial charge in [-0.1, -0.05) is 42.1 Å². The van der Waals surface area contributed by atoms with Gasteiger partial charge in [-0.3, -0.25) is 0 Å². The number of anilines is 1. The first-order valence-electron chi connectivity index (χ1n) is 9.87. The zero-order valence-corrected chi connectivity index (χ0v) is 17.7. The Morgan fingerprint density at radius 3 is 2.59 bits per heavy atom. The Bertz CT molecular complexity index is 826. The second-order valence-electron chi connectivity index (χ2n) is 7.17. The largest absolute Gasteiger partial charge is 0.387 e. The molecule has 2 aromatic rings. The van der Waals surface area contributed by atoms with Gasteiger partial charge in [0.05, 0.1) is 6.10 Å². The number of carbonyl (C=O) groups is 1. The van der Waals surface area contributed by atoms with E-state index in [-0.39, 0.29) is 12.6 Å². The van der Waals surface area contributed by atoms with Gasteiger partial charge in [0.2, 0.25) is 0 Å². The number of benzene rings is 1. The third kappa shape index (κ3) is 6.49. The minimum absolute atomic E-state index is 0.0442. The van der Waals surface area contributed by atoms with Crippen LogP contribution in [0, 0.1) is 0 Å². The van der Waals surface area contributed by atoms with Gasteiger partial charge < -0.3 is 20.6 Å². The van der Waals surface area contributed by atoms with Crippen LogP contribution in [0.2, 0.25) is 10.0 Å². The molecule has 8 heteroatoms. The lowest BCUT2D eigenvalue weighted by Crippen LogP contribution is -2.37. The van der Waals surface area contributed by atoms with Crippen LogP contribution < -0.4 is 15.5 Å². The van der Waals surface area contributed by atoms with Crippen molar-refractivity contribution in [2.24, 2.45) is 0 Å². The first-order valence-corrected chi connectivity index (χ1v) is 10.6. The van der Waals surface area contributed by atoms with Gasteiger partial charge in [-0.15, -0.1) is 0 Å². The van der Waals surface area contributed by atoms with E-state index in [1.54, 1.807) is 24.4 Å². The molecule has 1 aliphatic heterocycles. The quantitative estimate of drug-likeness (QED) is 0.630. The Morgan fingerprint density at radius 2 is 1.86 bits per heavy atom. The van der Waals surface area contributed by atoms with Gasteiger partial charge in [-0.2, -0.15) is 0 Å². The molecular formula is C21H26Cl2N4O2. The lowest BCUT2D eigenvalue weighted by Gasteiger charge is -2.21. The Kier molecular flexibility index (Phi) is 7.98. The van der Waals surface area contributed by atoms with Crippen LogP contribution in [-0.2, 0) is 6.54 Å². The molecule has 1 aliphatic rings. The van der Waals surface area contributed by atoms with E-state index in [9.17, 15) is 9.90 Å². The van der Waals surface area contributed by atoms with Crippen LogP contribution in [-0.4, -0.2) is 35.8 Å². The number of amides is 2. The van der Waals surface area contributed by atoms with Crippen LogP contribution in [0.1, 0.15) is 42.9 Å². The van der Waals surface area contributed by atoms with E-state index in [1.165, 1.54) is 25.7 Å². The molecule has 2 heterocycles. The van der Waals surface area contributed by atoms with Gasteiger partial charge >= 0.3 is 6.03 Å². The van der Waals surface area contributed by atoms with Crippen LogP contribution in [0.15, 0.2) is 36.5 Å². The summed E-state index contributed by atoms with van der Waals surface area (Å²) in [7, 11) is 0. The summed E-state index contributed by atoms with van der Waals surface area (Å²) in [5.74, 6) is 0.958. The molecule has 3 N–H and O–H groups in total. The molecular weight excluding hydrogens is 411 g/mol. The maximum absolute atomic E-state index is 12.1. The Hall–Kier alpha value is -2.02. The van der Waals surface area contributed by atoms with E-state index in [1.807, 2.05) is 12.1 Å². The first kappa shape index (κ1) is 21.7. The summed E-state index contributed by atoms with van der Waals surface area (Å²) < 4.78 is 0. The second kappa shape index (κ2) is 10.7. The molecule has 1 unspecified atom stereocenters. The normalized spacial score (nSPS) is 15.5. The number of halogens is 2. The summed E-state index contributed by atoms with van der Waals surface area (Å²) in [6.07, 6.45) is 5.78. The number of nitrogens with one attached hydrogen (secondary N) is 2. The number of pyridine rings is 1. The zero-order valence-electron chi connectivity index (χ0n) is 16.2. The molecule has 2 amide bonds. The lowest BCUT2D eigenvalue weighted by atomic mass is 10.1. The molecule has 1 aromatic heterocycles. The van der Waals surface area contributed by atoms with E-state index in [2.05, 4.69) is 20.5 Å². The molecule has 1 fully saturated rings. The van der Waals surface area contributed by atoms with Crippen molar-refractivity contribution in [3.05, 3.63) is 57.7 Å². The molecule has 3 rings (SSSR count). The second-order valence-corrected chi connectivity index (χ2v) is 8.01. The maximum Gasteiger partial charge on any atom is 0.315 e. The third-order valence-corrected chi connectivity index (χ3v) is 5.53. The fourth-order valence-electron chi connectivity index (χ4n) is 3.36. The standard InChI is InChI=1S/C21H26Cl2N4O2/c22-16-5-6-17(18(23)12-16)19(28)14-26-21(29)25-13-15-7-8-24-20(11-15)27-9-3-1-2-4-10-27/h5-8,11-12,19,28H,1-4,9-10,13-14H2,(H2,25,26,29). The highest BCUT2D eigenvalue weighted by Crippen LogP contribution is 2.26. The topological polar surface area (TPSA) is 77.5 Å². The van der Waals surface area contributed by atoms with Crippen molar-refractivity contribution >= 4 is 35.1 Å². The molecule has 0 saturated carbocycles. The fourth-order valence-corrected chi connectivity index (χ4v) is 3.89. The van der Waals surface area contributed by atoms with E-state index in [4.69, 9.17) is 23.2 Å². The van der Waals surface area contributed by atoms with Crippen LogP contribution in [0.5, 0.6) is 0 Å². The molecule has 1 aromatic carbocycles.